The van der Waals surface area contributed by atoms with E-state index in [4.69, 9.17) is 0 Å². The molecule has 0 aromatic heterocycles. The largest absolute Gasteiger partial charge is 0.335 e. The van der Waals surface area contributed by atoms with E-state index in [2.05, 4.69) is 17.6 Å². The summed E-state index contributed by atoms with van der Waals surface area (Å²) in [6.45, 7) is 3.87. The molecule has 4 N–H and O–H groups in total. The third-order valence-corrected chi connectivity index (χ3v) is 4.24. The highest BCUT2D eigenvalue weighted by molar-refractivity contribution is 5.96. The molecule has 0 spiro atoms. The highest BCUT2D eigenvalue weighted by atomic mass is 16.2. The highest BCUT2D eigenvalue weighted by Gasteiger charge is 2.23. The van der Waals surface area contributed by atoms with E-state index in [1.807, 2.05) is 42.6 Å². The van der Waals surface area contributed by atoms with Crippen molar-refractivity contribution in [3.05, 3.63) is 35.9 Å². The van der Waals surface area contributed by atoms with Crippen molar-refractivity contribution in [2.24, 2.45) is 0 Å². The van der Waals surface area contributed by atoms with E-state index < -0.39 is 0 Å². The zero-order valence-corrected chi connectivity index (χ0v) is 13.3. The van der Waals surface area contributed by atoms with E-state index in [9.17, 15) is 9.59 Å². The normalized spacial score (nSPS) is 17.7. The van der Waals surface area contributed by atoms with Gasteiger partial charge in [-0.05, 0) is 26.7 Å². The summed E-state index contributed by atoms with van der Waals surface area (Å²) >= 11 is 0. The standard InChI is InChI=1S/C17H25N3O2/c1-12(14-8-4-3-5-9-14)18-13(2)16(21)20-17(22)19-15-10-6-7-11-15/h3-5,8-9,12-13,15,18H,6-7,10-11H2,1-2H3,(H2,19,20,21,22)/p+1/t12-,13+/m0/s1. The van der Waals surface area contributed by atoms with Gasteiger partial charge in [-0.2, -0.15) is 0 Å². The van der Waals surface area contributed by atoms with Crippen LogP contribution in [0.5, 0.6) is 0 Å². The van der Waals surface area contributed by atoms with Crippen LogP contribution in [0.4, 0.5) is 4.79 Å². The number of amides is 3. The van der Waals surface area contributed by atoms with Crippen molar-refractivity contribution in [3.8, 4) is 0 Å². The fourth-order valence-electron chi connectivity index (χ4n) is 2.91. The molecule has 0 aliphatic heterocycles. The maximum Gasteiger partial charge on any atom is 0.321 e. The number of carbonyl (C=O) groups is 2. The minimum absolute atomic E-state index is 0.167. The Morgan fingerprint density at radius 3 is 2.41 bits per heavy atom. The summed E-state index contributed by atoms with van der Waals surface area (Å²) < 4.78 is 0. The van der Waals surface area contributed by atoms with Crippen LogP contribution in [-0.4, -0.2) is 24.0 Å². The van der Waals surface area contributed by atoms with E-state index in [0.29, 0.717) is 0 Å². The Hall–Kier alpha value is -1.88. The summed E-state index contributed by atoms with van der Waals surface area (Å²) in [4.78, 5) is 23.9. The van der Waals surface area contributed by atoms with Gasteiger partial charge >= 0.3 is 6.03 Å². The second-order valence-electron chi connectivity index (χ2n) is 6.12. The van der Waals surface area contributed by atoms with E-state index in [1.165, 1.54) is 0 Å². The average Bonchev–Trinajstić information content (AvgIpc) is 3.00. The molecule has 0 unspecified atom stereocenters. The van der Waals surface area contributed by atoms with E-state index in [-0.39, 0.29) is 30.1 Å². The molecule has 1 aliphatic carbocycles. The molecular formula is C17H26N3O2+. The molecule has 2 rings (SSSR count). The van der Waals surface area contributed by atoms with Crippen LogP contribution in [-0.2, 0) is 4.79 Å². The lowest BCUT2D eigenvalue weighted by atomic mass is 10.1. The molecule has 1 saturated carbocycles. The quantitative estimate of drug-likeness (QED) is 0.770. The SMILES string of the molecule is C[C@H]([NH2+][C@H](C)C(=O)NC(=O)NC1CCCC1)c1ccccc1. The van der Waals surface area contributed by atoms with Crippen LogP contribution in [0.3, 0.4) is 0 Å². The molecule has 1 aromatic rings. The Kier molecular flexibility index (Phi) is 5.95. The summed E-state index contributed by atoms with van der Waals surface area (Å²) in [5.41, 5.74) is 1.16. The summed E-state index contributed by atoms with van der Waals surface area (Å²) in [5, 5.41) is 7.27. The van der Waals surface area contributed by atoms with E-state index in [1.54, 1.807) is 0 Å². The molecule has 22 heavy (non-hydrogen) atoms. The molecule has 0 radical (unpaired) electrons. The lowest BCUT2D eigenvalue weighted by Crippen LogP contribution is -2.92. The van der Waals surface area contributed by atoms with Gasteiger partial charge in [0.1, 0.15) is 6.04 Å². The first kappa shape index (κ1) is 16.5. The maximum atomic E-state index is 12.1. The smallest absolute Gasteiger partial charge is 0.321 e. The fraction of sp³-hybridized carbons (Fsp3) is 0.529. The van der Waals surface area contributed by atoms with Gasteiger partial charge in [-0.15, -0.1) is 0 Å². The molecule has 5 nitrogen and oxygen atoms in total. The Bertz CT molecular complexity index is 498. The van der Waals surface area contributed by atoms with Gasteiger partial charge in [-0.3, -0.25) is 10.1 Å². The van der Waals surface area contributed by atoms with Gasteiger partial charge in [0.25, 0.3) is 5.91 Å². The van der Waals surface area contributed by atoms with E-state index in [0.717, 1.165) is 31.2 Å². The number of benzene rings is 1. The number of imide groups is 1. The fourth-order valence-corrected chi connectivity index (χ4v) is 2.91. The zero-order valence-electron chi connectivity index (χ0n) is 13.3. The van der Waals surface area contributed by atoms with E-state index >= 15 is 0 Å². The van der Waals surface area contributed by atoms with Crippen molar-refractivity contribution in [2.45, 2.75) is 57.7 Å². The third kappa shape index (κ3) is 4.84. The second kappa shape index (κ2) is 7.94. The summed E-state index contributed by atoms with van der Waals surface area (Å²) in [6, 6.07) is 9.72. The Morgan fingerprint density at radius 2 is 1.77 bits per heavy atom. The number of quaternary nitrogens is 1. The van der Waals surface area contributed by atoms with Crippen LogP contribution in [0, 0.1) is 0 Å². The molecule has 1 aromatic carbocycles. The second-order valence-corrected chi connectivity index (χ2v) is 6.12. The van der Waals surface area contributed by atoms with Gasteiger partial charge in [-0.25, -0.2) is 4.79 Å². The van der Waals surface area contributed by atoms with Crippen LogP contribution in [0.2, 0.25) is 0 Å². The number of carbonyl (C=O) groups excluding carboxylic acids is 2. The molecule has 120 valence electrons. The molecule has 2 atom stereocenters. The van der Waals surface area contributed by atoms with Crippen LogP contribution >= 0.6 is 0 Å². The monoisotopic (exact) mass is 304 g/mol. The Labute approximate surface area is 131 Å². The Morgan fingerprint density at radius 1 is 1.14 bits per heavy atom. The van der Waals surface area contributed by atoms with Gasteiger partial charge in [0.2, 0.25) is 0 Å². The topological polar surface area (TPSA) is 74.8 Å². The van der Waals surface area contributed by atoms with Crippen molar-refractivity contribution >= 4 is 11.9 Å². The number of nitrogens with one attached hydrogen (secondary N) is 2. The highest BCUT2D eigenvalue weighted by Crippen LogP contribution is 2.17. The predicted molar refractivity (Wildman–Crippen MR) is 85.2 cm³/mol. The summed E-state index contributed by atoms with van der Waals surface area (Å²) in [7, 11) is 0. The first-order valence-electron chi connectivity index (χ1n) is 8.07. The molecule has 3 amide bonds. The minimum atomic E-state index is -0.371. The van der Waals surface area contributed by atoms with Gasteiger partial charge in [0.15, 0.2) is 6.04 Å². The lowest BCUT2D eigenvalue weighted by Gasteiger charge is -2.17. The molecule has 0 heterocycles. The third-order valence-electron chi connectivity index (χ3n) is 4.24. The van der Waals surface area contributed by atoms with Gasteiger partial charge in [-0.1, -0.05) is 43.2 Å². The average molecular weight is 304 g/mol. The Balaban J connectivity index is 1.77. The molecular weight excluding hydrogens is 278 g/mol. The predicted octanol–water partition coefficient (Wildman–Crippen LogP) is 1.47. The lowest BCUT2D eigenvalue weighted by molar-refractivity contribution is -0.710. The summed E-state index contributed by atoms with van der Waals surface area (Å²) in [6.07, 6.45) is 4.32. The summed E-state index contributed by atoms with van der Waals surface area (Å²) in [5.74, 6) is -0.252. The number of rotatable bonds is 5. The molecule has 1 fully saturated rings. The number of nitrogens with two attached hydrogens (primary N) is 1. The maximum absolute atomic E-state index is 12.1. The van der Waals surface area contributed by atoms with Crippen LogP contribution in [0.25, 0.3) is 0 Å². The van der Waals surface area contributed by atoms with Crippen molar-refractivity contribution in [2.75, 3.05) is 0 Å². The van der Waals surface area contributed by atoms with Gasteiger partial charge in [0.05, 0.1) is 0 Å². The van der Waals surface area contributed by atoms with Crippen LogP contribution < -0.4 is 16.0 Å². The van der Waals surface area contributed by atoms with Gasteiger partial charge < -0.3 is 10.6 Å². The first-order chi connectivity index (χ1) is 10.6. The number of urea groups is 1. The van der Waals surface area contributed by atoms with Gasteiger partial charge in [0, 0.05) is 11.6 Å². The molecule has 0 bridgehead atoms. The molecule has 0 saturated heterocycles. The molecule has 5 heteroatoms. The zero-order chi connectivity index (χ0) is 15.9. The van der Waals surface area contributed by atoms with Crippen LogP contribution in [0.1, 0.15) is 51.1 Å². The number of hydrogen-bond donors (Lipinski definition) is 3. The first-order valence-corrected chi connectivity index (χ1v) is 8.07. The van der Waals surface area contributed by atoms with Crippen LogP contribution in [0.15, 0.2) is 30.3 Å². The van der Waals surface area contributed by atoms with Crippen molar-refractivity contribution in [1.29, 1.82) is 0 Å². The van der Waals surface area contributed by atoms with Crippen molar-refractivity contribution in [3.63, 3.8) is 0 Å². The van der Waals surface area contributed by atoms with Crippen molar-refractivity contribution in [1.82, 2.24) is 10.6 Å². The van der Waals surface area contributed by atoms with Crippen molar-refractivity contribution < 1.29 is 14.9 Å². The molecule has 1 aliphatic rings. The minimum Gasteiger partial charge on any atom is -0.335 e. The number of hydrogen-bond acceptors (Lipinski definition) is 2.